The van der Waals surface area contributed by atoms with Crippen molar-refractivity contribution < 1.29 is 8.81 Å². The average Bonchev–Trinajstić information content (AvgIpc) is 2.81. The van der Waals surface area contributed by atoms with Gasteiger partial charge in [-0.05, 0) is 24.3 Å². The quantitative estimate of drug-likeness (QED) is 0.813. The minimum atomic E-state index is -0.401. The molecule has 0 aliphatic carbocycles. The first-order valence-corrected chi connectivity index (χ1v) is 5.12. The summed E-state index contributed by atoms with van der Waals surface area (Å²) in [6.45, 7) is 0.608. The van der Waals surface area contributed by atoms with Gasteiger partial charge in [0.1, 0.15) is 11.9 Å². The fourth-order valence-corrected chi connectivity index (χ4v) is 1.67. The molecule has 17 heavy (non-hydrogen) atoms. The first-order valence-electron chi connectivity index (χ1n) is 5.12. The molecule has 4 heteroatoms. The zero-order valence-corrected chi connectivity index (χ0v) is 9.35. The summed E-state index contributed by atoms with van der Waals surface area (Å²) in [4.78, 5) is 1.88. The second-order valence-electron chi connectivity index (χ2n) is 3.76. The lowest BCUT2D eigenvalue weighted by Crippen LogP contribution is -2.17. The summed E-state index contributed by atoms with van der Waals surface area (Å²) >= 11 is 0. The maximum absolute atomic E-state index is 13.0. The normalized spacial score (nSPS) is 9.94. The summed E-state index contributed by atoms with van der Waals surface area (Å²) < 4.78 is 18.0. The van der Waals surface area contributed by atoms with Gasteiger partial charge < -0.3 is 9.32 Å². The Hall–Kier alpha value is -2.28. The number of furan rings is 1. The van der Waals surface area contributed by atoms with Crippen LogP contribution in [0, 0.1) is 17.1 Å². The Balaban J connectivity index is 2.25. The van der Waals surface area contributed by atoms with Gasteiger partial charge in [-0.2, -0.15) is 5.26 Å². The molecule has 0 amide bonds. The second kappa shape index (κ2) is 4.71. The Labute approximate surface area is 98.7 Å². The van der Waals surface area contributed by atoms with E-state index in [1.165, 1.54) is 12.1 Å². The fraction of sp³-hybridized carbons (Fsp3) is 0.154. The highest BCUT2D eigenvalue weighted by atomic mass is 19.1. The molecule has 2 aromatic rings. The van der Waals surface area contributed by atoms with Crippen molar-refractivity contribution in [3.8, 4) is 6.07 Å². The van der Waals surface area contributed by atoms with Crippen LogP contribution in [0.3, 0.4) is 0 Å². The lowest BCUT2D eigenvalue weighted by Gasteiger charge is -2.19. The molecule has 2 rings (SSSR count). The number of rotatable bonds is 3. The maximum atomic E-state index is 13.0. The van der Waals surface area contributed by atoms with Crippen molar-refractivity contribution in [1.82, 2.24) is 0 Å². The molecule has 1 aromatic carbocycles. The Kier molecular flexibility index (Phi) is 3.10. The molecule has 86 valence electrons. The van der Waals surface area contributed by atoms with E-state index in [0.717, 1.165) is 5.56 Å². The third-order valence-corrected chi connectivity index (χ3v) is 2.49. The molecule has 0 bridgehead atoms. The minimum absolute atomic E-state index is 0.330. The topological polar surface area (TPSA) is 40.2 Å². The molecule has 1 heterocycles. The van der Waals surface area contributed by atoms with Gasteiger partial charge in [-0.15, -0.1) is 0 Å². The largest absolute Gasteiger partial charge is 0.472 e. The van der Waals surface area contributed by atoms with E-state index in [9.17, 15) is 4.39 Å². The lowest BCUT2D eigenvalue weighted by molar-refractivity contribution is 0.563. The first kappa shape index (κ1) is 11.2. The third-order valence-electron chi connectivity index (χ3n) is 2.49. The third kappa shape index (κ3) is 2.45. The SMILES string of the molecule is CN(Cc1ccoc1)c1ccc(F)cc1C#N. The van der Waals surface area contributed by atoms with Crippen LogP contribution in [0.4, 0.5) is 10.1 Å². The zero-order chi connectivity index (χ0) is 12.3. The average molecular weight is 230 g/mol. The standard InChI is InChI=1S/C13H11FN2O/c1-16(8-10-4-5-17-9-10)13-3-2-12(14)6-11(13)7-15/h2-6,9H,8H2,1H3. The van der Waals surface area contributed by atoms with Crippen LogP contribution < -0.4 is 4.90 Å². The van der Waals surface area contributed by atoms with Gasteiger partial charge in [-0.1, -0.05) is 0 Å². The van der Waals surface area contributed by atoms with E-state index >= 15 is 0 Å². The molecule has 0 aliphatic rings. The van der Waals surface area contributed by atoms with Crippen LogP contribution in [-0.2, 0) is 6.54 Å². The highest BCUT2D eigenvalue weighted by Gasteiger charge is 2.09. The number of halogens is 1. The molecule has 0 fully saturated rings. The summed E-state index contributed by atoms with van der Waals surface area (Å²) in [7, 11) is 1.85. The molecular weight excluding hydrogens is 219 g/mol. The van der Waals surface area contributed by atoms with Gasteiger partial charge in [0.2, 0.25) is 0 Å². The van der Waals surface area contributed by atoms with Crippen molar-refractivity contribution in [2.24, 2.45) is 0 Å². The van der Waals surface area contributed by atoms with E-state index in [4.69, 9.17) is 9.68 Å². The first-order chi connectivity index (χ1) is 8.20. The molecular formula is C13H11FN2O. The van der Waals surface area contributed by atoms with Crippen molar-refractivity contribution in [3.63, 3.8) is 0 Å². The zero-order valence-electron chi connectivity index (χ0n) is 9.35. The Morgan fingerprint density at radius 1 is 1.41 bits per heavy atom. The summed E-state index contributed by atoms with van der Waals surface area (Å²) in [6, 6.07) is 8.04. The van der Waals surface area contributed by atoms with Crippen LogP contribution in [0.25, 0.3) is 0 Å². The van der Waals surface area contributed by atoms with Crippen LogP contribution in [0.5, 0.6) is 0 Å². The van der Waals surface area contributed by atoms with Crippen LogP contribution in [-0.4, -0.2) is 7.05 Å². The molecule has 0 unspecified atom stereocenters. The van der Waals surface area contributed by atoms with Crippen LogP contribution in [0.2, 0.25) is 0 Å². The smallest absolute Gasteiger partial charge is 0.124 e. The number of anilines is 1. The number of nitrogens with zero attached hydrogens (tertiary/aromatic N) is 2. The highest BCUT2D eigenvalue weighted by Crippen LogP contribution is 2.21. The molecule has 3 nitrogen and oxygen atoms in total. The van der Waals surface area contributed by atoms with E-state index in [-0.39, 0.29) is 0 Å². The van der Waals surface area contributed by atoms with Crippen molar-refractivity contribution in [3.05, 3.63) is 53.7 Å². The summed E-state index contributed by atoms with van der Waals surface area (Å²) in [5, 5.41) is 8.96. The van der Waals surface area contributed by atoms with Crippen LogP contribution >= 0.6 is 0 Å². The maximum Gasteiger partial charge on any atom is 0.124 e. The van der Waals surface area contributed by atoms with E-state index in [1.807, 2.05) is 24.1 Å². The Morgan fingerprint density at radius 3 is 2.88 bits per heavy atom. The number of benzene rings is 1. The predicted octanol–water partition coefficient (Wildman–Crippen LogP) is 2.93. The lowest BCUT2D eigenvalue weighted by atomic mass is 10.1. The van der Waals surface area contributed by atoms with Crippen molar-refractivity contribution in [1.29, 1.82) is 5.26 Å². The minimum Gasteiger partial charge on any atom is -0.472 e. The molecule has 0 spiro atoms. The van der Waals surface area contributed by atoms with Gasteiger partial charge in [-0.25, -0.2) is 4.39 Å². The number of hydrogen-bond donors (Lipinski definition) is 0. The summed E-state index contributed by atoms with van der Waals surface area (Å²) in [5.74, 6) is -0.401. The van der Waals surface area contributed by atoms with E-state index < -0.39 is 5.82 Å². The van der Waals surface area contributed by atoms with Gasteiger partial charge in [-0.3, -0.25) is 0 Å². The van der Waals surface area contributed by atoms with Crippen LogP contribution in [0.15, 0.2) is 41.2 Å². The van der Waals surface area contributed by atoms with E-state index in [1.54, 1.807) is 18.6 Å². The van der Waals surface area contributed by atoms with Gasteiger partial charge in [0.15, 0.2) is 0 Å². The predicted molar refractivity (Wildman–Crippen MR) is 61.9 cm³/mol. The Bertz CT molecular complexity index is 543. The molecule has 0 aliphatic heterocycles. The van der Waals surface area contributed by atoms with Crippen molar-refractivity contribution >= 4 is 5.69 Å². The van der Waals surface area contributed by atoms with Gasteiger partial charge in [0.25, 0.3) is 0 Å². The number of nitriles is 1. The van der Waals surface area contributed by atoms with Crippen LogP contribution in [0.1, 0.15) is 11.1 Å². The van der Waals surface area contributed by atoms with Crippen molar-refractivity contribution in [2.75, 3.05) is 11.9 Å². The number of hydrogen-bond acceptors (Lipinski definition) is 3. The van der Waals surface area contributed by atoms with Gasteiger partial charge >= 0.3 is 0 Å². The molecule has 0 saturated carbocycles. The molecule has 0 atom stereocenters. The van der Waals surface area contributed by atoms with Gasteiger partial charge in [0, 0.05) is 19.2 Å². The summed E-state index contributed by atoms with van der Waals surface area (Å²) in [5.41, 5.74) is 2.03. The second-order valence-corrected chi connectivity index (χ2v) is 3.76. The monoisotopic (exact) mass is 230 g/mol. The molecule has 0 N–H and O–H groups in total. The molecule has 0 saturated heterocycles. The molecule has 0 radical (unpaired) electrons. The van der Waals surface area contributed by atoms with Gasteiger partial charge in [0.05, 0.1) is 23.8 Å². The molecule has 1 aromatic heterocycles. The Morgan fingerprint density at radius 2 is 2.24 bits per heavy atom. The highest BCUT2D eigenvalue weighted by molar-refractivity contribution is 5.59. The van der Waals surface area contributed by atoms with E-state index in [0.29, 0.717) is 17.8 Å². The fourth-order valence-electron chi connectivity index (χ4n) is 1.67. The van der Waals surface area contributed by atoms with E-state index in [2.05, 4.69) is 0 Å². The summed E-state index contributed by atoms with van der Waals surface area (Å²) in [6.07, 6.45) is 3.24. The van der Waals surface area contributed by atoms with Crippen molar-refractivity contribution in [2.45, 2.75) is 6.54 Å².